The fraction of sp³-hybridized carbons (Fsp3) is 0.409. The van der Waals surface area contributed by atoms with Crippen molar-refractivity contribution in [3.8, 4) is 5.75 Å². The zero-order valence-corrected chi connectivity index (χ0v) is 18.2. The Bertz CT molecular complexity index is 825. The fourth-order valence-corrected chi connectivity index (χ4v) is 3.74. The molecular weight excluding hydrogens is 427 g/mol. The predicted molar refractivity (Wildman–Crippen MR) is 120 cm³/mol. The Kier molecular flexibility index (Phi) is 9.72. The summed E-state index contributed by atoms with van der Waals surface area (Å²) in [7, 11) is 0. The van der Waals surface area contributed by atoms with Crippen molar-refractivity contribution < 1.29 is 20.1 Å². The SMILES string of the molecule is Nc1c(Cl)cc(C(O)CNCCCCC(CCc2ccccc2O)C(=O)O)cc1Cl. The van der Waals surface area contributed by atoms with Crippen molar-refractivity contribution in [2.45, 2.75) is 38.2 Å². The quantitative estimate of drug-likeness (QED) is 0.239. The summed E-state index contributed by atoms with van der Waals surface area (Å²) in [5.41, 5.74) is 7.34. The fourth-order valence-electron chi connectivity index (χ4n) is 3.24. The Morgan fingerprint density at radius 1 is 1.10 bits per heavy atom. The normalized spacial score (nSPS) is 13.2. The second-order valence-corrected chi connectivity index (χ2v) is 8.13. The molecule has 30 heavy (non-hydrogen) atoms. The molecule has 2 aromatic rings. The Morgan fingerprint density at radius 3 is 2.40 bits per heavy atom. The van der Waals surface area contributed by atoms with Crippen LogP contribution in [0.2, 0.25) is 10.0 Å². The molecule has 2 unspecified atom stereocenters. The molecule has 0 heterocycles. The number of anilines is 1. The number of halogens is 2. The van der Waals surface area contributed by atoms with Crippen molar-refractivity contribution >= 4 is 34.9 Å². The highest BCUT2D eigenvalue weighted by Gasteiger charge is 2.17. The molecule has 0 spiro atoms. The molecule has 0 saturated heterocycles. The molecule has 0 aliphatic carbocycles. The van der Waals surface area contributed by atoms with Gasteiger partial charge in [-0.1, -0.05) is 47.8 Å². The molecule has 0 amide bonds. The minimum Gasteiger partial charge on any atom is -0.508 e. The minimum atomic E-state index is -0.814. The van der Waals surface area contributed by atoms with Crippen molar-refractivity contribution in [1.82, 2.24) is 5.32 Å². The number of phenols is 1. The van der Waals surface area contributed by atoms with E-state index in [2.05, 4.69) is 5.32 Å². The van der Waals surface area contributed by atoms with E-state index in [1.807, 2.05) is 12.1 Å². The number of carboxylic acids is 1. The second kappa shape index (κ2) is 12.0. The number of aliphatic hydroxyl groups is 1. The van der Waals surface area contributed by atoms with Gasteiger partial charge in [-0.3, -0.25) is 4.79 Å². The lowest BCUT2D eigenvalue weighted by atomic mass is 9.94. The Balaban J connectivity index is 1.69. The highest BCUT2D eigenvalue weighted by atomic mass is 35.5. The molecule has 8 heteroatoms. The smallest absolute Gasteiger partial charge is 0.306 e. The number of aliphatic carboxylic acids is 1. The van der Waals surface area contributed by atoms with E-state index < -0.39 is 18.0 Å². The number of phenolic OH excluding ortho intramolecular Hbond substituents is 1. The van der Waals surface area contributed by atoms with Gasteiger partial charge in [0.05, 0.1) is 27.8 Å². The standard InChI is InChI=1S/C22H28Cl2N2O4/c23-17-11-16(12-18(24)21(17)25)20(28)13-26-10-4-3-6-15(22(29)30)9-8-14-5-1-2-7-19(14)27/h1-2,5,7,11-12,15,20,26-28H,3-4,6,8-10,13,25H2,(H,29,30). The number of unbranched alkanes of at least 4 members (excludes halogenated alkanes) is 1. The predicted octanol–water partition coefficient (Wildman–Crippen LogP) is 4.41. The summed E-state index contributed by atoms with van der Waals surface area (Å²) in [5.74, 6) is -1.06. The van der Waals surface area contributed by atoms with E-state index in [1.54, 1.807) is 24.3 Å². The number of hydrogen-bond donors (Lipinski definition) is 5. The van der Waals surface area contributed by atoms with Gasteiger partial charge in [-0.2, -0.15) is 0 Å². The van der Waals surface area contributed by atoms with Gasteiger partial charge in [-0.15, -0.1) is 0 Å². The van der Waals surface area contributed by atoms with Crippen LogP contribution in [0.1, 0.15) is 42.9 Å². The first-order valence-corrected chi connectivity index (χ1v) is 10.7. The second-order valence-electron chi connectivity index (χ2n) is 7.32. The van der Waals surface area contributed by atoms with Crippen LogP contribution in [0.4, 0.5) is 5.69 Å². The molecule has 0 radical (unpaired) electrons. The van der Waals surface area contributed by atoms with Gasteiger partial charge in [0.1, 0.15) is 5.75 Å². The summed E-state index contributed by atoms with van der Waals surface area (Å²) < 4.78 is 0. The van der Waals surface area contributed by atoms with Crippen LogP contribution >= 0.6 is 23.2 Å². The molecule has 0 aromatic heterocycles. The van der Waals surface area contributed by atoms with E-state index >= 15 is 0 Å². The van der Waals surface area contributed by atoms with E-state index in [1.165, 1.54) is 0 Å². The molecule has 0 saturated carbocycles. The van der Waals surface area contributed by atoms with Crippen LogP contribution in [0.5, 0.6) is 5.75 Å². The lowest BCUT2D eigenvalue weighted by Crippen LogP contribution is -2.23. The number of carbonyl (C=O) groups is 1. The zero-order valence-electron chi connectivity index (χ0n) is 16.7. The Hall–Kier alpha value is -1.99. The number of nitrogens with one attached hydrogen (secondary N) is 1. The number of aryl methyl sites for hydroxylation is 1. The monoisotopic (exact) mass is 454 g/mol. The summed E-state index contributed by atoms with van der Waals surface area (Å²) in [6, 6.07) is 10.2. The number of carboxylic acid groups (broad SMARTS) is 1. The number of hydrogen-bond acceptors (Lipinski definition) is 5. The number of para-hydroxylation sites is 1. The summed E-state index contributed by atoms with van der Waals surface area (Å²) in [5, 5.41) is 33.3. The molecule has 0 bridgehead atoms. The molecule has 6 N–H and O–H groups in total. The number of nitrogens with two attached hydrogens (primary N) is 1. The molecule has 2 aromatic carbocycles. The van der Waals surface area contributed by atoms with Crippen molar-refractivity contribution in [3.63, 3.8) is 0 Å². The third-order valence-corrected chi connectivity index (χ3v) is 5.71. The van der Waals surface area contributed by atoms with Crippen LogP contribution in [-0.2, 0) is 11.2 Å². The number of aliphatic hydroxyl groups excluding tert-OH is 1. The maximum atomic E-state index is 11.5. The van der Waals surface area contributed by atoms with Crippen LogP contribution in [0, 0.1) is 5.92 Å². The molecule has 2 rings (SSSR count). The highest BCUT2D eigenvalue weighted by molar-refractivity contribution is 6.38. The van der Waals surface area contributed by atoms with Gasteiger partial charge in [0.15, 0.2) is 0 Å². The summed E-state index contributed by atoms with van der Waals surface area (Å²) in [4.78, 5) is 11.5. The van der Waals surface area contributed by atoms with E-state index in [0.717, 1.165) is 18.4 Å². The molecular formula is C22H28Cl2N2O4. The first-order valence-electron chi connectivity index (χ1n) is 9.92. The van der Waals surface area contributed by atoms with E-state index in [9.17, 15) is 20.1 Å². The van der Waals surface area contributed by atoms with E-state index in [0.29, 0.717) is 48.0 Å². The van der Waals surface area contributed by atoms with Gasteiger partial charge in [0.25, 0.3) is 0 Å². The lowest BCUT2D eigenvalue weighted by molar-refractivity contribution is -0.142. The van der Waals surface area contributed by atoms with Gasteiger partial charge in [-0.25, -0.2) is 0 Å². The van der Waals surface area contributed by atoms with Crippen molar-refractivity contribution in [2.24, 2.45) is 5.92 Å². The van der Waals surface area contributed by atoms with Crippen LogP contribution < -0.4 is 11.1 Å². The molecule has 0 aliphatic heterocycles. The first-order chi connectivity index (χ1) is 14.3. The number of aromatic hydroxyl groups is 1. The maximum Gasteiger partial charge on any atom is 0.306 e. The van der Waals surface area contributed by atoms with Crippen LogP contribution in [-0.4, -0.2) is 34.4 Å². The average Bonchev–Trinajstić information content (AvgIpc) is 2.71. The number of rotatable bonds is 12. The van der Waals surface area contributed by atoms with Gasteiger partial charge in [-0.05, 0) is 61.6 Å². The third kappa shape index (κ3) is 7.36. The van der Waals surface area contributed by atoms with E-state index in [4.69, 9.17) is 28.9 Å². The average molecular weight is 455 g/mol. The summed E-state index contributed by atoms with van der Waals surface area (Å²) >= 11 is 12.0. The molecule has 164 valence electrons. The Labute approximate surface area is 186 Å². The van der Waals surface area contributed by atoms with Crippen molar-refractivity contribution in [3.05, 3.63) is 57.6 Å². The third-order valence-electron chi connectivity index (χ3n) is 5.08. The van der Waals surface area contributed by atoms with Gasteiger partial charge >= 0.3 is 5.97 Å². The topological polar surface area (TPSA) is 116 Å². The summed E-state index contributed by atoms with van der Waals surface area (Å²) in [6.45, 7) is 0.978. The Morgan fingerprint density at radius 2 is 1.77 bits per heavy atom. The van der Waals surface area contributed by atoms with Crippen molar-refractivity contribution in [1.29, 1.82) is 0 Å². The highest BCUT2D eigenvalue weighted by Crippen LogP contribution is 2.31. The van der Waals surface area contributed by atoms with Crippen molar-refractivity contribution in [2.75, 3.05) is 18.8 Å². The van der Waals surface area contributed by atoms with Gasteiger partial charge in [0.2, 0.25) is 0 Å². The van der Waals surface area contributed by atoms with Crippen LogP contribution in [0.15, 0.2) is 36.4 Å². The minimum absolute atomic E-state index is 0.202. The number of nitrogen functional groups attached to an aromatic ring is 1. The van der Waals surface area contributed by atoms with Gasteiger partial charge in [0, 0.05) is 6.54 Å². The summed E-state index contributed by atoms with van der Waals surface area (Å²) in [6.07, 6.45) is 2.34. The van der Waals surface area contributed by atoms with Crippen LogP contribution in [0.25, 0.3) is 0 Å². The zero-order chi connectivity index (χ0) is 22.1. The lowest BCUT2D eigenvalue weighted by Gasteiger charge is -2.15. The first kappa shape index (κ1) is 24.3. The number of benzene rings is 2. The molecule has 0 fully saturated rings. The van der Waals surface area contributed by atoms with Crippen LogP contribution in [0.3, 0.4) is 0 Å². The largest absolute Gasteiger partial charge is 0.508 e. The molecule has 6 nitrogen and oxygen atoms in total. The van der Waals surface area contributed by atoms with E-state index in [-0.39, 0.29) is 11.4 Å². The molecule has 0 aliphatic rings. The van der Waals surface area contributed by atoms with Gasteiger partial charge < -0.3 is 26.4 Å². The molecule has 2 atom stereocenters. The maximum absolute atomic E-state index is 11.5.